The molecule has 1 atom stereocenters. The Morgan fingerprint density at radius 3 is 2.78 bits per heavy atom. The van der Waals surface area contributed by atoms with Crippen LogP contribution in [0.3, 0.4) is 0 Å². The molecule has 9 heteroatoms. The van der Waals surface area contributed by atoms with Gasteiger partial charge in [-0.15, -0.1) is 0 Å². The Labute approximate surface area is 210 Å². The number of aromatic nitrogens is 1. The summed E-state index contributed by atoms with van der Waals surface area (Å²) >= 11 is 6.48. The third-order valence-electron chi connectivity index (χ3n) is 7.18. The van der Waals surface area contributed by atoms with E-state index in [0.29, 0.717) is 29.0 Å². The number of para-hydroxylation sites is 1. The highest BCUT2D eigenvalue weighted by atomic mass is 35.5. The van der Waals surface area contributed by atoms with Crippen molar-refractivity contribution in [3.05, 3.63) is 74.2 Å². The number of carbonyl (C=O) groups excluding carboxylic acids is 2. The Hall–Kier alpha value is -3.78. The SMILES string of the molecule is COC(=O)C1Cc2c([nH]c3ccccc23)CN1C(=O)COc1cc2oc(=O)c3c(c2cc1Cl)CCC3. The highest BCUT2D eigenvalue weighted by Gasteiger charge is 2.37. The smallest absolute Gasteiger partial charge is 0.339 e. The average Bonchev–Trinajstić information content (AvgIpc) is 3.52. The van der Waals surface area contributed by atoms with Crippen LogP contribution in [0.25, 0.3) is 21.9 Å². The van der Waals surface area contributed by atoms with Crippen LogP contribution in [0.4, 0.5) is 0 Å². The minimum atomic E-state index is -0.773. The van der Waals surface area contributed by atoms with Crippen molar-refractivity contribution in [2.45, 2.75) is 38.3 Å². The zero-order valence-electron chi connectivity index (χ0n) is 19.6. The number of aromatic amines is 1. The van der Waals surface area contributed by atoms with Crippen LogP contribution < -0.4 is 10.4 Å². The number of carbonyl (C=O) groups is 2. The molecule has 8 nitrogen and oxygen atoms in total. The second-order valence-corrected chi connectivity index (χ2v) is 9.57. The number of aryl methyl sites for hydroxylation is 1. The van der Waals surface area contributed by atoms with Crippen molar-refractivity contribution in [1.29, 1.82) is 0 Å². The Morgan fingerprint density at radius 1 is 1.14 bits per heavy atom. The van der Waals surface area contributed by atoms with Gasteiger partial charge in [-0.3, -0.25) is 4.79 Å². The van der Waals surface area contributed by atoms with Crippen molar-refractivity contribution in [3.8, 4) is 5.75 Å². The van der Waals surface area contributed by atoms with E-state index in [4.69, 9.17) is 25.5 Å². The predicted molar refractivity (Wildman–Crippen MR) is 133 cm³/mol. The zero-order valence-corrected chi connectivity index (χ0v) is 20.3. The molecule has 1 amide bonds. The molecule has 6 rings (SSSR count). The van der Waals surface area contributed by atoms with Gasteiger partial charge in [0, 0.05) is 40.0 Å². The summed E-state index contributed by atoms with van der Waals surface area (Å²) in [5, 5.41) is 2.14. The number of ether oxygens (including phenoxy) is 2. The highest BCUT2D eigenvalue weighted by Crippen LogP contribution is 2.35. The number of hydrogen-bond donors (Lipinski definition) is 1. The van der Waals surface area contributed by atoms with E-state index in [1.165, 1.54) is 12.0 Å². The number of H-pyrrole nitrogens is 1. The van der Waals surface area contributed by atoms with Gasteiger partial charge in [-0.2, -0.15) is 0 Å². The summed E-state index contributed by atoms with van der Waals surface area (Å²) in [4.78, 5) is 43.1. The Kier molecular flexibility index (Phi) is 5.48. The van der Waals surface area contributed by atoms with Crippen molar-refractivity contribution in [2.75, 3.05) is 13.7 Å². The molecule has 0 bridgehead atoms. The summed E-state index contributed by atoms with van der Waals surface area (Å²) < 4.78 is 16.3. The first-order valence-electron chi connectivity index (χ1n) is 11.8. The van der Waals surface area contributed by atoms with Gasteiger partial charge in [0.15, 0.2) is 6.61 Å². The quantitative estimate of drug-likeness (QED) is 0.332. The molecule has 1 aliphatic heterocycles. The van der Waals surface area contributed by atoms with E-state index >= 15 is 0 Å². The molecule has 0 saturated carbocycles. The van der Waals surface area contributed by atoms with Crippen LogP contribution in [0.1, 0.15) is 28.8 Å². The second-order valence-electron chi connectivity index (χ2n) is 9.16. The van der Waals surface area contributed by atoms with Gasteiger partial charge >= 0.3 is 11.6 Å². The maximum absolute atomic E-state index is 13.3. The molecule has 0 radical (unpaired) electrons. The van der Waals surface area contributed by atoms with Crippen molar-refractivity contribution in [1.82, 2.24) is 9.88 Å². The summed E-state index contributed by atoms with van der Waals surface area (Å²) in [6.07, 6.45) is 2.74. The minimum Gasteiger partial charge on any atom is -0.482 e. The van der Waals surface area contributed by atoms with E-state index in [1.54, 1.807) is 12.1 Å². The third kappa shape index (κ3) is 3.64. The summed E-state index contributed by atoms with van der Waals surface area (Å²) in [5.41, 5.74) is 4.54. The van der Waals surface area contributed by atoms with Crippen LogP contribution in [-0.4, -0.2) is 41.5 Å². The van der Waals surface area contributed by atoms with Gasteiger partial charge in [-0.05, 0) is 42.5 Å². The number of esters is 1. The number of amides is 1. The number of benzene rings is 2. The van der Waals surface area contributed by atoms with Crippen LogP contribution in [0.5, 0.6) is 5.75 Å². The number of nitrogens with one attached hydrogen (secondary N) is 1. The van der Waals surface area contributed by atoms with E-state index in [9.17, 15) is 14.4 Å². The molecule has 1 aliphatic carbocycles. The molecule has 184 valence electrons. The number of hydrogen-bond acceptors (Lipinski definition) is 6. The fourth-order valence-corrected chi connectivity index (χ4v) is 5.65. The molecule has 0 spiro atoms. The number of methoxy groups -OCH3 is 1. The second kappa shape index (κ2) is 8.71. The van der Waals surface area contributed by atoms with Gasteiger partial charge in [0.25, 0.3) is 5.91 Å². The standard InChI is InChI=1S/C27H23ClN2O6/c1-34-27(33)22-10-17-15-5-2-3-8-20(15)29-21(17)12-30(22)25(31)13-35-24-11-23-18(9-19(24)28)14-6-4-7-16(14)26(32)36-23/h2-3,5,8-9,11,22,29H,4,6-7,10,12-13H2,1H3. The number of halogens is 1. The largest absolute Gasteiger partial charge is 0.482 e. The Morgan fingerprint density at radius 2 is 1.94 bits per heavy atom. The molecule has 36 heavy (non-hydrogen) atoms. The molecule has 0 saturated heterocycles. The van der Waals surface area contributed by atoms with E-state index in [1.807, 2.05) is 24.3 Å². The lowest BCUT2D eigenvalue weighted by Gasteiger charge is -2.33. The van der Waals surface area contributed by atoms with Crippen LogP contribution in [0.2, 0.25) is 5.02 Å². The summed E-state index contributed by atoms with van der Waals surface area (Å²) in [6, 6.07) is 10.3. The topological polar surface area (TPSA) is 102 Å². The molecule has 3 heterocycles. The van der Waals surface area contributed by atoms with Gasteiger partial charge < -0.3 is 23.8 Å². The van der Waals surface area contributed by atoms with E-state index in [0.717, 1.165) is 46.0 Å². The molecule has 2 aromatic heterocycles. The summed E-state index contributed by atoms with van der Waals surface area (Å²) in [7, 11) is 1.31. The van der Waals surface area contributed by atoms with Crippen molar-refractivity contribution < 1.29 is 23.5 Å². The Balaban J connectivity index is 1.27. The highest BCUT2D eigenvalue weighted by molar-refractivity contribution is 6.32. The van der Waals surface area contributed by atoms with Gasteiger partial charge in [0.1, 0.15) is 17.4 Å². The first-order chi connectivity index (χ1) is 17.4. The van der Waals surface area contributed by atoms with E-state index < -0.39 is 12.0 Å². The van der Waals surface area contributed by atoms with Gasteiger partial charge in [-0.1, -0.05) is 29.8 Å². The monoisotopic (exact) mass is 506 g/mol. The normalized spacial score (nSPS) is 16.7. The zero-order chi connectivity index (χ0) is 25.0. The lowest BCUT2D eigenvalue weighted by atomic mass is 9.96. The van der Waals surface area contributed by atoms with Gasteiger partial charge in [-0.25, -0.2) is 9.59 Å². The maximum Gasteiger partial charge on any atom is 0.339 e. The molecular weight excluding hydrogens is 484 g/mol. The molecule has 1 unspecified atom stereocenters. The van der Waals surface area contributed by atoms with Gasteiger partial charge in [0.2, 0.25) is 0 Å². The molecule has 0 fully saturated rings. The van der Waals surface area contributed by atoms with E-state index in [-0.39, 0.29) is 30.4 Å². The van der Waals surface area contributed by atoms with Crippen molar-refractivity contribution in [2.24, 2.45) is 0 Å². The number of rotatable bonds is 4. The summed E-state index contributed by atoms with van der Waals surface area (Å²) in [6.45, 7) is -0.123. The fourth-order valence-electron chi connectivity index (χ4n) is 5.43. The minimum absolute atomic E-state index is 0.221. The predicted octanol–water partition coefficient (Wildman–Crippen LogP) is 3.92. The molecule has 1 N–H and O–H groups in total. The molecule has 4 aromatic rings. The molecule has 2 aromatic carbocycles. The lowest BCUT2D eigenvalue weighted by Crippen LogP contribution is -2.50. The fraction of sp³-hybridized carbons (Fsp3) is 0.296. The number of fused-ring (bicyclic) bond motifs is 6. The number of nitrogens with zero attached hydrogens (tertiary/aromatic N) is 1. The van der Waals surface area contributed by atoms with Crippen LogP contribution in [-0.2, 0) is 40.1 Å². The van der Waals surface area contributed by atoms with Crippen LogP contribution >= 0.6 is 11.6 Å². The first-order valence-corrected chi connectivity index (χ1v) is 12.2. The lowest BCUT2D eigenvalue weighted by molar-refractivity contribution is -0.154. The maximum atomic E-state index is 13.3. The van der Waals surface area contributed by atoms with E-state index in [2.05, 4.69) is 4.98 Å². The van der Waals surface area contributed by atoms with Crippen LogP contribution in [0.15, 0.2) is 45.6 Å². The average molecular weight is 507 g/mol. The van der Waals surface area contributed by atoms with Crippen molar-refractivity contribution in [3.63, 3.8) is 0 Å². The van der Waals surface area contributed by atoms with Crippen LogP contribution in [0, 0.1) is 0 Å². The van der Waals surface area contributed by atoms with Crippen molar-refractivity contribution >= 4 is 45.3 Å². The Bertz CT molecular complexity index is 1600. The first kappa shape index (κ1) is 22.7. The third-order valence-corrected chi connectivity index (χ3v) is 7.47. The summed E-state index contributed by atoms with van der Waals surface area (Å²) in [5.74, 6) is -0.642. The van der Waals surface area contributed by atoms with Gasteiger partial charge in [0.05, 0.1) is 18.7 Å². The molecule has 2 aliphatic rings. The molecular formula is C27H23ClN2O6.